The van der Waals surface area contributed by atoms with E-state index in [4.69, 9.17) is 0 Å². The largest absolute Gasteiger partial charge is 0.394 e. The summed E-state index contributed by atoms with van der Waals surface area (Å²) in [5.41, 5.74) is 0. The van der Waals surface area contributed by atoms with Crippen LogP contribution in [0.5, 0.6) is 0 Å². The second-order valence-electron chi connectivity index (χ2n) is 16.5. The summed E-state index contributed by atoms with van der Waals surface area (Å²) in [4.78, 5) is 12.4. The summed E-state index contributed by atoms with van der Waals surface area (Å²) in [6, 6.07) is -0.546. The Hall–Kier alpha value is -1.91. The molecule has 0 saturated heterocycles. The number of hydrogen-bond donors (Lipinski definition) is 3. The van der Waals surface area contributed by atoms with Gasteiger partial charge in [-0.3, -0.25) is 4.79 Å². The van der Waals surface area contributed by atoms with Crippen LogP contribution in [0.4, 0.5) is 0 Å². The van der Waals surface area contributed by atoms with Crippen molar-refractivity contribution in [2.75, 3.05) is 6.61 Å². The van der Waals surface area contributed by atoms with E-state index in [-0.39, 0.29) is 12.5 Å². The average molecular weight is 782 g/mol. The van der Waals surface area contributed by atoms with Crippen LogP contribution in [0.2, 0.25) is 0 Å². The first-order chi connectivity index (χ1) is 27.7. The van der Waals surface area contributed by atoms with Gasteiger partial charge in [-0.05, 0) is 57.8 Å². The lowest BCUT2D eigenvalue weighted by Gasteiger charge is -2.22. The van der Waals surface area contributed by atoms with E-state index in [0.717, 1.165) is 64.2 Å². The van der Waals surface area contributed by atoms with E-state index >= 15 is 0 Å². The van der Waals surface area contributed by atoms with Crippen LogP contribution in [0.1, 0.15) is 245 Å². The molecule has 0 bridgehead atoms. The molecule has 4 nitrogen and oxygen atoms in total. The molecule has 56 heavy (non-hydrogen) atoms. The molecule has 2 unspecified atom stereocenters. The van der Waals surface area contributed by atoms with Crippen molar-refractivity contribution < 1.29 is 15.0 Å². The second-order valence-corrected chi connectivity index (χ2v) is 16.5. The number of nitrogens with one attached hydrogen (secondary N) is 1. The van der Waals surface area contributed by atoms with Crippen LogP contribution in [0, 0.1) is 0 Å². The van der Waals surface area contributed by atoms with E-state index in [0.29, 0.717) is 12.8 Å². The smallest absolute Gasteiger partial charge is 0.220 e. The standard InChI is InChI=1S/C52H95NO3/c1-3-5-7-9-11-13-15-17-19-21-23-25-26-28-30-32-34-36-38-40-42-44-46-48-52(56)53-50(49-54)51(55)47-45-43-41-39-37-35-33-31-29-27-24-22-20-18-16-14-12-10-8-6-4-2/h5,7,11,13,17,19,23,25,28,30,50-51,54-55H,3-4,6,8-10,12,14-16,18,20-22,24,26-27,29,31-49H2,1-2H3,(H,53,56)/b7-5-,13-11-,19-17-,25-23-,30-28-. The molecule has 326 valence electrons. The molecule has 0 heterocycles. The van der Waals surface area contributed by atoms with Crippen molar-refractivity contribution in [3.8, 4) is 0 Å². The van der Waals surface area contributed by atoms with Crippen LogP contribution in [0.3, 0.4) is 0 Å². The number of carbonyl (C=O) groups excluding carboxylic acids is 1. The highest BCUT2D eigenvalue weighted by atomic mass is 16.3. The van der Waals surface area contributed by atoms with Crippen LogP contribution >= 0.6 is 0 Å². The Morgan fingerprint density at radius 2 is 0.786 bits per heavy atom. The summed E-state index contributed by atoms with van der Waals surface area (Å²) in [5, 5.41) is 23.3. The molecule has 3 N–H and O–H groups in total. The zero-order chi connectivity index (χ0) is 40.7. The van der Waals surface area contributed by atoms with Gasteiger partial charge in [-0.15, -0.1) is 0 Å². The molecule has 0 rings (SSSR count). The first kappa shape index (κ1) is 54.1. The highest BCUT2D eigenvalue weighted by molar-refractivity contribution is 5.76. The van der Waals surface area contributed by atoms with Crippen LogP contribution in [0.15, 0.2) is 60.8 Å². The average Bonchev–Trinajstić information content (AvgIpc) is 3.20. The van der Waals surface area contributed by atoms with Crippen molar-refractivity contribution in [1.82, 2.24) is 5.32 Å². The zero-order valence-corrected chi connectivity index (χ0v) is 37.4. The zero-order valence-electron chi connectivity index (χ0n) is 37.4. The van der Waals surface area contributed by atoms with Crippen molar-refractivity contribution in [1.29, 1.82) is 0 Å². The molecule has 0 aliphatic carbocycles. The molecule has 0 radical (unpaired) electrons. The maximum absolute atomic E-state index is 12.4. The third kappa shape index (κ3) is 43.2. The topological polar surface area (TPSA) is 69.6 Å². The summed E-state index contributed by atoms with van der Waals surface area (Å²) in [7, 11) is 0. The van der Waals surface area contributed by atoms with Crippen molar-refractivity contribution in [3.63, 3.8) is 0 Å². The molecular formula is C52H95NO3. The third-order valence-corrected chi connectivity index (χ3v) is 11.0. The van der Waals surface area contributed by atoms with Gasteiger partial charge in [-0.25, -0.2) is 0 Å². The Morgan fingerprint density at radius 1 is 0.446 bits per heavy atom. The number of unbranched alkanes of at least 4 members (excludes halogenated alkanes) is 27. The van der Waals surface area contributed by atoms with Crippen molar-refractivity contribution >= 4 is 5.91 Å². The molecule has 0 fully saturated rings. The molecule has 1 amide bonds. The SMILES string of the molecule is CC/C=C\C/C=C\C/C=C\C/C=C\C/C=C\CCCCCCCCCC(=O)NC(CO)C(O)CCCCCCCCCCCCCCCCCCCCCCC. The van der Waals surface area contributed by atoms with Gasteiger partial charge in [0.1, 0.15) is 0 Å². The minimum absolute atomic E-state index is 0.0426. The van der Waals surface area contributed by atoms with Crippen LogP contribution in [-0.4, -0.2) is 34.9 Å². The number of aliphatic hydroxyl groups is 2. The number of hydrogen-bond acceptors (Lipinski definition) is 3. The van der Waals surface area contributed by atoms with Crippen LogP contribution in [0.25, 0.3) is 0 Å². The lowest BCUT2D eigenvalue weighted by atomic mass is 10.0. The fourth-order valence-electron chi connectivity index (χ4n) is 7.33. The lowest BCUT2D eigenvalue weighted by Crippen LogP contribution is -2.45. The summed E-state index contributed by atoms with van der Waals surface area (Å²) < 4.78 is 0. The van der Waals surface area contributed by atoms with Gasteiger partial charge in [0.05, 0.1) is 18.8 Å². The minimum atomic E-state index is -0.668. The fraction of sp³-hybridized carbons (Fsp3) is 0.788. The van der Waals surface area contributed by atoms with E-state index < -0.39 is 12.1 Å². The van der Waals surface area contributed by atoms with Crippen molar-refractivity contribution in [2.24, 2.45) is 0 Å². The predicted octanol–water partition coefficient (Wildman–Crippen LogP) is 15.7. The summed E-state index contributed by atoms with van der Waals surface area (Å²) in [6.07, 6.45) is 66.0. The van der Waals surface area contributed by atoms with E-state index in [9.17, 15) is 15.0 Å². The Balaban J connectivity index is 3.54. The second kappa shape index (κ2) is 47.5. The highest BCUT2D eigenvalue weighted by Gasteiger charge is 2.20. The van der Waals surface area contributed by atoms with Gasteiger partial charge in [0.25, 0.3) is 0 Å². The summed E-state index contributed by atoms with van der Waals surface area (Å²) in [6.45, 7) is 4.25. The van der Waals surface area contributed by atoms with Gasteiger partial charge in [0, 0.05) is 6.42 Å². The van der Waals surface area contributed by atoms with Crippen molar-refractivity contribution in [2.45, 2.75) is 257 Å². The van der Waals surface area contributed by atoms with Gasteiger partial charge in [0.15, 0.2) is 0 Å². The number of carbonyl (C=O) groups is 1. The van der Waals surface area contributed by atoms with Gasteiger partial charge >= 0.3 is 0 Å². The minimum Gasteiger partial charge on any atom is -0.394 e. The van der Waals surface area contributed by atoms with E-state index in [2.05, 4.69) is 79.9 Å². The predicted molar refractivity (Wildman–Crippen MR) is 248 cm³/mol. The molecule has 0 aromatic rings. The highest BCUT2D eigenvalue weighted by Crippen LogP contribution is 2.16. The summed E-state index contributed by atoms with van der Waals surface area (Å²) >= 11 is 0. The van der Waals surface area contributed by atoms with Gasteiger partial charge in [-0.2, -0.15) is 0 Å². The summed E-state index contributed by atoms with van der Waals surface area (Å²) in [5.74, 6) is -0.0426. The first-order valence-electron chi connectivity index (χ1n) is 24.5. The molecule has 0 aliphatic heterocycles. The Kier molecular flexibility index (Phi) is 45.8. The molecule has 0 aliphatic rings. The van der Waals surface area contributed by atoms with Gasteiger partial charge < -0.3 is 15.5 Å². The maximum Gasteiger partial charge on any atom is 0.220 e. The lowest BCUT2D eigenvalue weighted by molar-refractivity contribution is -0.123. The van der Waals surface area contributed by atoms with Crippen LogP contribution in [-0.2, 0) is 4.79 Å². The van der Waals surface area contributed by atoms with Crippen LogP contribution < -0.4 is 5.32 Å². The molecule has 0 spiro atoms. The number of allylic oxidation sites excluding steroid dienone is 10. The normalized spacial score (nSPS) is 13.4. The number of amides is 1. The first-order valence-corrected chi connectivity index (χ1v) is 24.5. The third-order valence-electron chi connectivity index (χ3n) is 11.0. The Bertz CT molecular complexity index is 934. The molecule has 2 atom stereocenters. The monoisotopic (exact) mass is 782 g/mol. The molecule has 0 saturated carbocycles. The van der Waals surface area contributed by atoms with Gasteiger partial charge in [0.2, 0.25) is 5.91 Å². The van der Waals surface area contributed by atoms with Crippen molar-refractivity contribution in [3.05, 3.63) is 60.8 Å². The van der Waals surface area contributed by atoms with Gasteiger partial charge in [-0.1, -0.05) is 242 Å². The quantitative estimate of drug-likeness (QED) is 0.0426. The maximum atomic E-state index is 12.4. The van der Waals surface area contributed by atoms with E-state index in [1.807, 2.05) is 0 Å². The van der Waals surface area contributed by atoms with E-state index in [1.165, 1.54) is 154 Å². The Morgan fingerprint density at radius 3 is 1.18 bits per heavy atom. The number of aliphatic hydroxyl groups excluding tert-OH is 2. The van der Waals surface area contributed by atoms with E-state index in [1.54, 1.807) is 0 Å². The molecule has 4 heteroatoms. The number of rotatable bonds is 44. The molecular weight excluding hydrogens is 687 g/mol. The molecule has 0 aromatic heterocycles. The Labute approximate surface area is 349 Å². The molecule has 0 aromatic carbocycles. The fourth-order valence-corrected chi connectivity index (χ4v) is 7.33.